The van der Waals surface area contributed by atoms with Gasteiger partial charge in [0.25, 0.3) is 0 Å². The van der Waals surface area contributed by atoms with Gasteiger partial charge in [-0.25, -0.2) is 8.78 Å². The Kier molecular flexibility index (Phi) is 4.36. The smallest absolute Gasteiger partial charge is 0.314 e. The van der Waals surface area contributed by atoms with Crippen LogP contribution >= 0.6 is 0 Å². The molecule has 0 unspecified atom stereocenters. The highest BCUT2D eigenvalue weighted by atomic mass is 19.1. The highest BCUT2D eigenvalue weighted by molar-refractivity contribution is 6.43. The Labute approximate surface area is 124 Å². The van der Waals surface area contributed by atoms with Crippen molar-refractivity contribution in [1.82, 2.24) is 0 Å². The van der Waals surface area contributed by atoms with Crippen molar-refractivity contribution in [3.8, 4) is 5.75 Å². The molecule has 0 fully saturated rings. The van der Waals surface area contributed by atoms with Gasteiger partial charge in [0.15, 0.2) is 0 Å². The van der Waals surface area contributed by atoms with Crippen LogP contribution < -0.4 is 10.6 Å². The number of para-hydroxylation sites is 1. The monoisotopic (exact) mass is 306 g/mol. The Balaban J connectivity index is 2.13. The first-order valence-electron chi connectivity index (χ1n) is 6.24. The zero-order valence-electron chi connectivity index (χ0n) is 11.5. The molecule has 22 heavy (non-hydrogen) atoms. The predicted octanol–water partition coefficient (Wildman–Crippen LogP) is 2.56. The summed E-state index contributed by atoms with van der Waals surface area (Å²) < 4.78 is 26.8. The number of hydrogen-bond acceptors (Lipinski definition) is 3. The molecule has 0 atom stereocenters. The van der Waals surface area contributed by atoms with Gasteiger partial charge in [-0.3, -0.25) is 9.59 Å². The third-order valence-corrected chi connectivity index (χ3v) is 2.81. The molecule has 2 aromatic carbocycles. The van der Waals surface area contributed by atoms with Crippen molar-refractivity contribution in [1.29, 1.82) is 0 Å². The number of phenolic OH excluding ortho intramolecular Hbond substituents is 1. The maximum absolute atomic E-state index is 13.4. The summed E-state index contributed by atoms with van der Waals surface area (Å²) in [5.41, 5.74) is 0.0546. The molecular formula is C15H12F2N2O3. The molecule has 5 nitrogen and oxygen atoms in total. The first-order chi connectivity index (χ1) is 10.4. The van der Waals surface area contributed by atoms with E-state index in [1.54, 1.807) is 13.0 Å². The van der Waals surface area contributed by atoms with Crippen molar-refractivity contribution in [2.75, 3.05) is 10.6 Å². The van der Waals surface area contributed by atoms with Gasteiger partial charge in [0.05, 0.1) is 5.69 Å². The molecular weight excluding hydrogens is 294 g/mol. The quantitative estimate of drug-likeness (QED) is 0.589. The Morgan fingerprint density at radius 2 is 1.59 bits per heavy atom. The molecule has 0 saturated heterocycles. The average Bonchev–Trinajstić information content (AvgIpc) is 2.46. The van der Waals surface area contributed by atoms with Crippen LogP contribution in [0.5, 0.6) is 5.75 Å². The van der Waals surface area contributed by atoms with E-state index in [1.165, 1.54) is 12.1 Å². The van der Waals surface area contributed by atoms with Crippen LogP contribution in [0.1, 0.15) is 5.56 Å². The van der Waals surface area contributed by atoms with Crippen LogP contribution in [-0.2, 0) is 9.59 Å². The highest BCUT2D eigenvalue weighted by Gasteiger charge is 2.19. The summed E-state index contributed by atoms with van der Waals surface area (Å²) in [4.78, 5) is 23.4. The fourth-order valence-electron chi connectivity index (χ4n) is 1.72. The maximum Gasteiger partial charge on any atom is 0.314 e. The molecule has 0 aliphatic rings. The normalized spacial score (nSPS) is 10.1. The molecule has 3 N–H and O–H groups in total. The molecule has 2 aromatic rings. The number of carbonyl (C=O) groups is 2. The van der Waals surface area contributed by atoms with E-state index in [-0.39, 0.29) is 11.4 Å². The summed E-state index contributed by atoms with van der Waals surface area (Å²) in [6.07, 6.45) is 0. The van der Waals surface area contributed by atoms with Crippen LogP contribution in [0.15, 0.2) is 36.4 Å². The zero-order chi connectivity index (χ0) is 16.3. The molecule has 0 radical (unpaired) electrons. The molecule has 0 saturated carbocycles. The number of phenols is 1. The number of carbonyl (C=O) groups excluding carboxylic acids is 2. The number of aromatic hydroxyl groups is 1. The second kappa shape index (κ2) is 6.21. The van der Waals surface area contributed by atoms with Crippen molar-refractivity contribution < 1.29 is 23.5 Å². The van der Waals surface area contributed by atoms with Crippen molar-refractivity contribution in [3.63, 3.8) is 0 Å². The summed E-state index contributed by atoms with van der Waals surface area (Å²) in [7, 11) is 0. The van der Waals surface area contributed by atoms with E-state index >= 15 is 0 Å². The molecule has 0 heterocycles. The topological polar surface area (TPSA) is 78.4 Å². The largest absolute Gasteiger partial charge is 0.506 e. The summed E-state index contributed by atoms with van der Waals surface area (Å²) in [6.45, 7) is 1.73. The zero-order valence-corrected chi connectivity index (χ0v) is 11.5. The summed E-state index contributed by atoms with van der Waals surface area (Å²) >= 11 is 0. The van der Waals surface area contributed by atoms with E-state index in [0.717, 1.165) is 23.8 Å². The molecule has 7 heteroatoms. The van der Waals surface area contributed by atoms with Crippen molar-refractivity contribution >= 4 is 23.2 Å². The van der Waals surface area contributed by atoms with E-state index in [0.29, 0.717) is 0 Å². The van der Waals surface area contributed by atoms with Gasteiger partial charge in [0, 0.05) is 0 Å². The lowest BCUT2D eigenvalue weighted by molar-refractivity contribution is -0.133. The van der Waals surface area contributed by atoms with Gasteiger partial charge < -0.3 is 15.7 Å². The number of aryl methyl sites for hydroxylation is 1. The lowest BCUT2D eigenvalue weighted by atomic mass is 10.2. The molecule has 0 spiro atoms. The van der Waals surface area contributed by atoms with Crippen LogP contribution in [0.25, 0.3) is 0 Å². The van der Waals surface area contributed by atoms with E-state index in [4.69, 9.17) is 0 Å². The molecule has 2 rings (SSSR count). The predicted molar refractivity (Wildman–Crippen MR) is 76.5 cm³/mol. The van der Waals surface area contributed by atoms with E-state index in [2.05, 4.69) is 5.32 Å². The fourth-order valence-corrected chi connectivity index (χ4v) is 1.72. The Bertz CT molecular complexity index is 727. The summed E-state index contributed by atoms with van der Waals surface area (Å²) in [5.74, 6) is -4.66. The van der Waals surface area contributed by atoms with Gasteiger partial charge in [0.2, 0.25) is 0 Å². The van der Waals surface area contributed by atoms with Crippen molar-refractivity contribution in [3.05, 3.63) is 53.6 Å². The lowest BCUT2D eigenvalue weighted by Crippen LogP contribution is -2.29. The van der Waals surface area contributed by atoms with Crippen LogP contribution in [0.3, 0.4) is 0 Å². The Morgan fingerprint density at radius 1 is 1.00 bits per heavy atom. The molecule has 0 bridgehead atoms. The van der Waals surface area contributed by atoms with Gasteiger partial charge in [-0.2, -0.15) is 0 Å². The van der Waals surface area contributed by atoms with Gasteiger partial charge in [-0.05, 0) is 36.8 Å². The number of amides is 2. The first-order valence-corrected chi connectivity index (χ1v) is 6.24. The third-order valence-electron chi connectivity index (χ3n) is 2.81. The van der Waals surface area contributed by atoms with Gasteiger partial charge in [-0.15, -0.1) is 0 Å². The van der Waals surface area contributed by atoms with Gasteiger partial charge >= 0.3 is 11.8 Å². The average molecular weight is 306 g/mol. The lowest BCUT2D eigenvalue weighted by Gasteiger charge is -2.09. The van der Waals surface area contributed by atoms with E-state index < -0.39 is 29.1 Å². The Hall–Kier alpha value is -2.96. The number of benzene rings is 2. The fraction of sp³-hybridized carbons (Fsp3) is 0.0667. The second-order valence-corrected chi connectivity index (χ2v) is 4.53. The van der Waals surface area contributed by atoms with E-state index in [1.807, 2.05) is 5.32 Å². The number of hydrogen-bond donors (Lipinski definition) is 3. The summed E-state index contributed by atoms with van der Waals surface area (Å²) in [5, 5.41) is 13.6. The van der Waals surface area contributed by atoms with Crippen molar-refractivity contribution in [2.45, 2.75) is 6.92 Å². The Morgan fingerprint density at radius 3 is 2.23 bits per heavy atom. The molecule has 114 valence electrons. The van der Waals surface area contributed by atoms with Crippen LogP contribution in [0.2, 0.25) is 0 Å². The van der Waals surface area contributed by atoms with Crippen LogP contribution in [0, 0.1) is 18.6 Å². The highest BCUT2D eigenvalue weighted by Crippen LogP contribution is 2.24. The minimum Gasteiger partial charge on any atom is -0.506 e. The minimum atomic E-state index is -1.26. The molecule has 0 aromatic heterocycles. The first kappa shape index (κ1) is 15.4. The van der Waals surface area contributed by atoms with Crippen LogP contribution in [0.4, 0.5) is 20.2 Å². The summed E-state index contributed by atoms with van der Waals surface area (Å²) in [6, 6.07) is 7.43. The van der Waals surface area contributed by atoms with Crippen LogP contribution in [-0.4, -0.2) is 16.9 Å². The maximum atomic E-state index is 13.4. The number of rotatable bonds is 2. The number of halogens is 2. The van der Waals surface area contributed by atoms with Crippen molar-refractivity contribution in [2.24, 2.45) is 0 Å². The SMILES string of the molecule is Cc1ccc(O)c(NC(=O)C(=O)Nc2c(F)cccc2F)c1. The number of nitrogens with one attached hydrogen (secondary N) is 2. The molecule has 2 amide bonds. The second-order valence-electron chi connectivity index (χ2n) is 4.53. The standard InChI is InChI=1S/C15H12F2N2O3/c1-8-5-6-12(20)11(7-8)18-14(21)15(22)19-13-9(16)3-2-4-10(13)17/h2-7,20H,1H3,(H,18,21)(H,19,22). The van der Waals surface area contributed by atoms with Gasteiger partial charge in [0.1, 0.15) is 23.1 Å². The minimum absolute atomic E-state index is 0.0224. The molecule has 0 aliphatic carbocycles. The third kappa shape index (κ3) is 3.38. The van der Waals surface area contributed by atoms with E-state index in [9.17, 15) is 23.5 Å². The van der Waals surface area contributed by atoms with Gasteiger partial charge in [-0.1, -0.05) is 12.1 Å². The molecule has 0 aliphatic heterocycles. The number of anilines is 2.